The molecule has 0 unspecified atom stereocenters. The number of hydrogen-bond donors (Lipinski definition) is 2. The maximum atomic E-state index is 5.87. The van der Waals surface area contributed by atoms with Gasteiger partial charge in [-0.1, -0.05) is 11.6 Å². The van der Waals surface area contributed by atoms with Gasteiger partial charge in [-0.2, -0.15) is 0 Å². The Hall–Kier alpha value is -1.24. The molecule has 118 valence electrons. The van der Waals surface area contributed by atoms with Crippen LogP contribution in [0.2, 0.25) is 5.02 Å². The van der Waals surface area contributed by atoms with E-state index < -0.39 is 0 Å². The quantitative estimate of drug-likeness (QED) is 0.360. The van der Waals surface area contributed by atoms with Crippen LogP contribution in [0.4, 0.5) is 0 Å². The number of aromatic nitrogens is 1. The number of benzene rings is 1. The summed E-state index contributed by atoms with van der Waals surface area (Å²) in [6.07, 6.45) is 0. The zero-order chi connectivity index (χ0) is 15.8. The number of guanidine groups is 1. The van der Waals surface area contributed by atoms with Crippen LogP contribution in [0.3, 0.4) is 0 Å². The fourth-order valence-corrected chi connectivity index (χ4v) is 3.36. The minimum Gasteiger partial charge on any atom is -0.356 e. The highest BCUT2D eigenvalue weighted by Gasteiger charge is 2.03. The molecule has 1 aromatic heterocycles. The first kappa shape index (κ1) is 17.1. The molecule has 0 saturated heterocycles. The number of hydrogen-bond acceptors (Lipinski definition) is 4. The Morgan fingerprint density at radius 3 is 2.73 bits per heavy atom. The van der Waals surface area contributed by atoms with Gasteiger partial charge in [0.2, 0.25) is 0 Å². The second-order valence-corrected chi connectivity index (χ2v) is 7.06. The fraction of sp³-hybridized carbons (Fsp3) is 0.333. The van der Waals surface area contributed by atoms with E-state index in [4.69, 9.17) is 11.6 Å². The van der Waals surface area contributed by atoms with Crippen LogP contribution in [0.25, 0.3) is 0 Å². The summed E-state index contributed by atoms with van der Waals surface area (Å²) >= 11 is 9.32. The van der Waals surface area contributed by atoms with Crippen LogP contribution in [-0.4, -0.2) is 30.3 Å². The van der Waals surface area contributed by atoms with Crippen molar-refractivity contribution in [3.05, 3.63) is 45.4 Å². The Kier molecular flexibility index (Phi) is 7.02. The van der Waals surface area contributed by atoms with E-state index in [1.807, 2.05) is 36.7 Å². The molecule has 0 spiro atoms. The molecule has 1 heterocycles. The van der Waals surface area contributed by atoms with Gasteiger partial charge >= 0.3 is 0 Å². The van der Waals surface area contributed by atoms with Gasteiger partial charge in [0, 0.05) is 34.1 Å². The van der Waals surface area contributed by atoms with Crippen molar-refractivity contribution < 1.29 is 0 Å². The van der Waals surface area contributed by atoms with Crippen LogP contribution in [0, 0.1) is 6.92 Å². The van der Waals surface area contributed by atoms with Crippen molar-refractivity contribution in [3.63, 3.8) is 0 Å². The number of nitrogens with one attached hydrogen (secondary N) is 2. The summed E-state index contributed by atoms with van der Waals surface area (Å²) in [7, 11) is 1.78. The highest BCUT2D eigenvalue weighted by molar-refractivity contribution is 7.99. The predicted octanol–water partition coefficient (Wildman–Crippen LogP) is 3.56. The topological polar surface area (TPSA) is 49.3 Å². The van der Waals surface area contributed by atoms with Crippen molar-refractivity contribution in [1.29, 1.82) is 0 Å². The van der Waals surface area contributed by atoms with E-state index >= 15 is 0 Å². The van der Waals surface area contributed by atoms with Gasteiger partial charge in [0.1, 0.15) is 0 Å². The zero-order valence-electron chi connectivity index (χ0n) is 12.6. The third-order valence-corrected chi connectivity index (χ3v) is 5.16. The monoisotopic (exact) mass is 354 g/mol. The molecule has 0 amide bonds. The molecule has 2 rings (SSSR count). The van der Waals surface area contributed by atoms with Crippen molar-refractivity contribution in [1.82, 2.24) is 15.6 Å². The first-order valence-electron chi connectivity index (χ1n) is 6.91. The Bertz CT molecular complexity index is 610. The number of thiazole rings is 1. The van der Waals surface area contributed by atoms with Gasteiger partial charge in [-0.15, -0.1) is 23.1 Å². The highest BCUT2D eigenvalue weighted by Crippen LogP contribution is 2.19. The number of rotatable bonds is 6. The number of aryl methyl sites for hydroxylation is 1. The van der Waals surface area contributed by atoms with Crippen molar-refractivity contribution in [2.24, 2.45) is 4.99 Å². The number of nitrogens with zero attached hydrogens (tertiary/aromatic N) is 2. The number of thioether (sulfide) groups is 1. The molecule has 0 bridgehead atoms. The van der Waals surface area contributed by atoms with Crippen LogP contribution in [0.15, 0.2) is 39.7 Å². The maximum Gasteiger partial charge on any atom is 0.191 e. The highest BCUT2D eigenvalue weighted by atomic mass is 35.5. The maximum absolute atomic E-state index is 5.87. The second-order valence-electron chi connectivity index (χ2n) is 4.52. The molecule has 22 heavy (non-hydrogen) atoms. The molecule has 0 aliphatic rings. The first-order valence-corrected chi connectivity index (χ1v) is 9.15. The molecule has 7 heteroatoms. The van der Waals surface area contributed by atoms with E-state index in [1.165, 1.54) is 9.77 Å². The molecule has 0 radical (unpaired) electrons. The normalized spacial score (nSPS) is 11.5. The molecular weight excluding hydrogens is 336 g/mol. The fourth-order valence-electron chi connectivity index (χ4n) is 1.75. The lowest BCUT2D eigenvalue weighted by Crippen LogP contribution is -2.37. The Morgan fingerprint density at radius 1 is 1.32 bits per heavy atom. The molecular formula is C15H19ClN4S2. The molecule has 0 atom stereocenters. The Labute approximate surface area is 144 Å². The standard InChI is InChI=1S/C15H19ClN4S2/c1-11-14(22-10-20-11)9-19-15(17-2)18-7-8-21-13-5-3-12(16)4-6-13/h3-6,10H,7-9H2,1-2H3,(H2,17,18,19). The van der Waals surface area contributed by atoms with Gasteiger partial charge in [-0.25, -0.2) is 4.98 Å². The summed E-state index contributed by atoms with van der Waals surface area (Å²) in [5.74, 6) is 1.77. The lowest BCUT2D eigenvalue weighted by atomic mass is 10.4. The van der Waals surface area contributed by atoms with Crippen LogP contribution < -0.4 is 10.6 Å². The Morgan fingerprint density at radius 2 is 2.09 bits per heavy atom. The van der Waals surface area contributed by atoms with Gasteiger partial charge in [-0.05, 0) is 31.2 Å². The number of aliphatic imine (C=N–C) groups is 1. The number of halogens is 1. The zero-order valence-corrected chi connectivity index (χ0v) is 15.0. The van der Waals surface area contributed by atoms with E-state index in [0.717, 1.165) is 35.5 Å². The van der Waals surface area contributed by atoms with Crippen LogP contribution in [0.5, 0.6) is 0 Å². The lowest BCUT2D eigenvalue weighted by Gasteiger charge is -2.11. The van der Waals surface area contributed by atoms with Gasteiger partial charge in [0.05, 0.1) is 17.7 Å². The first-order chi connectivity index (χ1) is 10.7. The summed E-state index contributed by atoms with van der Waals surface area (Å²) < 4.78 is 0. The van der Waals surface area contributed by atoms with E-state index in [-0.39, 0.29) is 0 Å². The van der Waals surface area contributed by atoms with Crippen molar-refractivity contribution in [2.45, 2.75) is 18.4 Å². The molecule has 2 N–H and O–H groups in total. The minimum absolute atomic E-state index is 0.750. The largest absolute Gasteiger partial charge is 0.356 e. The average molecular weight is 355 g/mol. The molecule has 4 nitrogen and oxygen atoms in total. The Balaban J connectivity index is 1.68. The van der Waals surface area contributed by atoms with Crippen LogP contribution >= 0.6 is 34.7 Å². The van der Waals surface area contributed by atoms with Gasteiger partial charge in [0.15, 0.2) is 5.96 Å². The summed E-state index contributed by atoms with van der Waals surface area (Å²) in [5, 5.41) is 7.38. The lowest BCUT2D eigenvalue weighted by molar-refractivity contribution is 0.836. The van der Waals surface area contributed by atoms with E-state index in [2.05, 4.69) is 20.6 Å². The minimum atomic E-state index is 0.750. The molecule has 0 fully saturated rings. The summed E-state index contributed by atoms with van der Waals surface area (Å²) in [4.78, 5) is 10.9. The van der Waals surface area contributed by atoms with Gasteiger partial charge in [-0.3, -0.25) is 4.99 Å². The molecule has 1 aromatic carbocycles. The summed E-state index contributed by atoms with van der Waals surface area (Å²) in [5.41, 5.74) is 2.94. The predicted molar refractivity (Wildman–Crippen MR) is 97.2 cm³/mol. The van der Waals surface area contributed by atoms with Crippen molar-refractivity contribution >= 4 is 40.7 Å². The van der Waals surface area contributed by atoms with Gasteiger partial charge in [0.25, 0.3) is 0 Å². The molecule has 0 saturated carbocycles. The van der Waals surface area contributed by atoms with E-state index in [1.54, 1.807) is 30.1 Å². The van der Waals surface area contributed by atoms with E-state index in [0.29, 0.717) is 0 Å². The van der Waals surface area contributed by atoms with Crippen molar-refractivity contribution in [3.8, 4) is 0 Å². The molecule has 2 aromatic rings. The molecule has 0 aliphatic carbocycles. The average Bonchev–Trinajstić information content (AvgIpc) is 2.93. The third kappa shape index (κ3) is 5.51. The van der Waals surface area contributed by atoms with Gasteiger partial charge < -0.3 is 10.6 Å². The van der Waals surface area contributed by atoms with Crippen LogP contribution in [0.1, 0.15) is 10.6 Å². The van der Waals surface area contributed by atoms with Crippen molar-refractivity contribution in [2.75, 3.05) is 19.3 Å². The SMILES string of the molecule is CN=C(NCCSc1ccc(Cl)cc1)NCc1scnc1C. The third-order valence-electron chi connectivity index (χ3n) is 2.96. The smallest absolute Gasteiger partial charge is 0.191 e. The van der Waals surface area contributed by atoms with Crippen LogP contribution in [-0.2, 0) is 6.54 Å². The molecule has 0 aliphatic heterocycles. The van der Waals surface area contributed by atoms with E-state index in [9.17, 15) is 0 Å². The second kappa shape index (κ2) is 9.02. The summed E-state index contributed by atoms with van der Waals surface area (Å²) in [6, 6.07) is 7.89. The summed E-state index contributed by atoms with van der Waals surface area (Å²) in [6.45, 7) is 3.61.